The molecule has 0 bridgehead atoms. The largest absolute Gasteiger partial charge is 0.307 e. The van der Waals surface area contributed by atoms with Crippen molar-refractivity contribution in [2.24, 2.45) is 5.92 Å². The normalized spacial score (nSPS) is 10.0. The Bertz CT molecular complexity index is 66.6. The fraction of sp³-hybridized carbons (Fsp3) is 1.00. The number of hydrogen-bond donors (Lipinski definition) is 0. The van der Waals surface area contributed by atoms with Crippen LogP contribution in [0.3, 0.4) is 0 Å². The first kappa shape index (κ1) is 14.5. The molecule has 0 aliphatic heterocycles. The van der Waals surface area contributed by atoms with E-state index in [1.54, 1.807) is 0 Å². The van der Waals surface area contributed by atoms with Crippen LogP contribution in [0.4, 0.5) is 0 Å². The molecule has 76 valence electrons. The molecule has 0 amide bonds. The van der Waals surface area contributed by atoms with Gasteiger partial charge < -0.3 is 4.90 Å². The second-order valence-electron chi connectivity index (χ2n) is 3.98. The average Bonchev–Trinajstić information content (AvgIpc) is 1.99. The Morgan fingerprint density at radius 2 is 1.50 bits per heavy atom. The maximum absolute atomic E-state index is 2.34. The quantitative estimate of drug-likeness (QED) is 0.630. The Morgan fingerprint density at radius 1 is 1.08 bits per heavy atom. The molecule has 0 aromatic heterocycles. The predicted octanol–water partition coefficient (Wildman–Crippen LogP) is 3.40. The molecule has 0 unspecified atom stereocenters. The fourth-order valence-corrected chi connectivity index (χ4v) is 0.586. The minimum Gasteiger partial charge on any atom is -0.307 e. The molecule has 0 aliphatic rings. The van der Waals surface area contributed by atoms with Gasteiger partial charge in [-0.15, -0.1) is 0 Å². The van der Waals surface area contributed by atoms with E-state index < -0.39 is 0 Å². The molecule has 0 aromatic carbocycles. The lowest BCUT2D eigenvalue weighted by Crippen LogP contribution is -2.18. The van der Waals surface area contributed by atoms with Gasteiger partial charge in [0.15, 0.2) is 0 Å². The lowest BCUT2D eigenvalue weighted by Gasteiger charge is -2.11. The number of unbranched alkanes of at least 4 members (excludes halogenated alkanes) is 1. The van der Waals surface area contributed by atoms with Crippen molar-refractivity contribution in [3.8, 4) is 0 Å². The Morgan fingerprint density at radius 3 is 1.75 bits per heavy atom. The first-order chi connectivity index (χ1) is 5.54. The van der Waals surface area contributed by atoms with E-state index in [1.807, 2.05) is 0 Å². The van der Waals surface area contributed by atoms with E-state index >= 15 is 0 Å². The molecule has 0 saturated carbocycles. The molecule has 1 nitrogen and oxygen atoms in total. The van der Waals surface area contributed by atoms with Gasteiger partial charge in [0.2, 0.25) is 0 Å². The van der Waals surface area contributed by atoms with Gasteiger partial charge in [-0.1, -0.05) is 41.0 Å². The van der Waals surface area contributed by atoms with Gasteiger partial charge in [-0.05, 0) is 32.5 Å². The smallest absolute Gasteiger partial charge is 0.00220 e. The zero-order valence-electron chi connectivity index (χ0n) is 9.85. The van der Waals surface area contributed by atoms with Crippen LogP contribution in [0.15, 0.2) is 0 Å². The van der Waals surface area contributed by atoms with Crippen molar-refractivity contribution in [3.63, 3.8) is 0 Å². The van der Waals surface area contributed by atoms with Gasteiger partial charge in [0.25, 0.3) is 0 Å². The lowest BCUT2D eigenvalue weighted by atomic mass is 10.3. The second-order valence-corrected chi connectivity index (χ2v) is 3.98. The summed E-state index contributed by atoms with van der Waals surface area (Å²) >= 11 is 0. The topological polar surface area (TPSA) is 3.24 Å². The Kier molecular flexibility index (Phi) is 13.2. The molecule has 0 aromatic rings. The SMILES string of the molecule is CC(C)C.CCCCN(C)CC. The van der Waals surface area contributed by atoms with E-state index in [-0.39, 0.29) is 0 Å². The third-order valence-corrected chi connectivity index (χ3v) is 1.43. The summed E-state index contributed by atoms with van der Waals surface area (Å²) in [6, 6.07) is 0. The average molecular weight is 173 g/mol. The van der Waals surface area contributed by atoms with E-state index in [9.17, 15) is 0 Å². The highest BCUT2D eigenvalue weighted by Crippen LogP contribution is 1.89. The summed E-state index contributed by atoms with van der Waals surface area (Å²) in [6.07, 6.45) is 2.65. The number of hydrogen-bond acceptors (Lipinski definition) is 1. The molecular formula is C11H27N. The predicted molar refractivity (Wildman–Crippen MR) is 58.6 cm³/mol. The molecule has 0 rings (SSSR count). The van der Waals surface area contributed by atoms with Gasteiger partial charge in [0, 0.05) is 0 Å². The summed E-state index contributed by atoms with van der Waals surface area (Å²) in [4.78, 5) is 2.34. The van der Waals surface area contributed by atoms with Crippen LogP contribution < -0.4 is 0 Å². The molecule has 12 heavy (non-hydrogen) atoms. The first-order valence-electron chi connectivity index (χ1n) is 5.23. The summed E-state index contributed by atoms with van der Waals surface area (Å²) in [7, 11) is 2.16. The van der Waals surface area contributed by atoms with E-state index in [4.69, 9.17) is 0 Å². The van der Waals surface area contributed by atoms with Crippen molar-refractivity contribution in [1.82, 2.24) is 4.90 Å². The molecule has 0 saturated heterocycles. The maximum atomic E-state index is 2.34. The first-order valence-corrected chi connectivity index (χ1v) is 5.23. The number of rotatable bonds is 4. The summed E-state index contributed by atoms with van der Waals surface area (Å²) in [5.41, 5.74) is 0. The highest BCUT2D eigenvalue weighted by Gasteiger charge is 1.89. The van der Waals surface area contributed by atoms with Crippen molar-refractivity contribution < 1.29 is 0 Å². The molecule has 0 spiro atoms. The third-order valence-electron chi connectivity index (χ3n) is 1.43. The summed E-state index contributed by atoms with van der Waals surface area (Å²) in [6.45, 7) is 13.4. The van der Waals surface area contributed by atoms with E-state index in [0.717, 1.165) is 5.92 Å². The van der Waals surface area contributed by atoms with Crippen molar-refractivity contribution >= 4 is 0 Å². The van der Waals surface area contributed by atoms with Gasteiger partial charge in [0.05, 0.1) is 0 Å². The van der Waals surface area contributed by atoms with Gasteiger partial charge in [0.1, 0.15) is 0 Å². The molecule has 0 aliphatic carbocycles. The molecule has 0 N–H and O–H groups in total. The summed E-state index contributed by atoms with van der Waals surface area (Å²) in [5.74, 6) is 0.833. The second kappa shape index (κ2) is 11.0. The summed E-state index contributed by atoms with van der Waals surface area (Å²) < 4.78 is 0. The van der Waals surface area contributed by atoms with Crippen LogP contribution in [0.2, 0.25) is 0 Å². The fourth-order valence-electron chi connectivity index (χ4n) is 0.586. The van der Waals surface area contributed by atoms with E-state index in [0.29, 0.717) is 0 Å². The van der Waals surface area contributed by atoms with Gasteiger partial charge in [-0.25, -0.2) is 0 Å². The van der Waals surface area contributed by atoms with Crippen LogP contribution >= 0.6 is 0 Å². The Balaban J connectivity index is 0. The third kappa shape index (κ3) is 22.5. The van der Waals surface area contributed by atoms with Crippen LogP contribution in [0.1, 0.15) is 47.5 Å². The van der Waals surface area contributed by atoms with Crippen molar-refractivity contribution in [2.45, 2.75) is 47.5 Å². The standard InChI is InChI=1S/C7H17N.C4H10/c1-4-6-7-8(3)5-2;1-4(2)3/h4-7H2,1-3H3;4H,1-3H3. The van der Waals surface area contributed by atoms with Gasteiger partial charge >= 0.3 is 0 Å². The zero-order chi connectivity index (χ0) is 9.98. The van der Waals surface area contributed by atoms with E-state index in [1.165, 1.54) is 25.9 Å². The highest BCUT2D eigenvalue weighted by atomic mass is 15.1. The highest BCUT2D eigenvalue weighted by molar-refractivity contribution is 4.44. The van der Waals surface area contributed by atoms with Crippen molar-refractivity contribution in [1.29, 1.82) is 0 Å². The van der Waals surface area contributed by atoms with Crippen LogP contribution in [0.5, 0.6) is 0 Å². The monoisotopic (exact) mass is 173 g/mol. The Hall–Kier alpha value is -0.0400. The van der Waals surface area contributed by atoms with Gasteiger partial charge in [-0.2, -0.15) is 0 Å². The van der Waals surface area contributed by atoms with Crippen LogP contribution in [-0.2, 0) is 0 Å². The molecule has 0 radical (unpaired) electrons. The van der Waals surface area contributed by atoms with Crippen LogP contribution in [0, 0.1) is 5.92 Å². The van der Waals surface area contributed by atoms with Crippen LogP contribution in [0.25, 0.3) is 0 Å². The number of nitrogens with zero attached hydrogens (tertiary/aromatic N) is 1. The molecule has 0 atom stereocenters. The summed E-state index contributed by atoms with van der Waals surface area (Å²) in [5, 5.41) is 0. The van der Waals surface area contributed by atoms with E-state index in [2.05, 4.69) is 46.6 Å². The maximum Gasteiger partial charge on any atom is -0.00220 e. The Labute approximate surface area is 79.2 Å². The lowest BCUT2D eigenvalue weighted by molar-refractivity contribution is 0.346. The minimum absolute atomic E-state index is 0.833. The molecule has 0 heterocycles. The minimum atomic E-state index is 0.833. The van der Waals surface area contributed by atoms with Crippen molar-refractivity contribution in [3.05, 3.63) is 0 Å². The zero-order valence-corrected chi connectivity index (χ0v) is 9.85. The molecular weight excluding hydrogens is 146 g/mol. The molecule has 0 fully saturated rings. The van der Waals surface area contributed by atoms with Crippen molar-refractivity contribution in [2.75, 3.05) is 20.1 Å². The van der Waals surface area contributed by atoms with Gasteiger partial charge in [-0.3, -0.25) is 0 Å². The van der Waals surface area contributed by atoms with Crippen LogP contribution in [-0.4, -0.2) is 25.0 Å². The molecule has 1 heteroatoms.